The van der Waals surface area contributed by atoms with Crippen molar-refractivity contribution in [3.05, 3.63) is 71.1 Å². The number of fused-ring (bicyclic) bond motifs is 1. The van der Waals surface area contributed by atoms with Gasteiger partial charge >= 0.3 is 0 Å². The first-order valence-electron chi connectivity index (χ1n) is 8.56. The van der Waals surface area contributed by atoms with Crippen LogP contribution in [0.1, 0.15) is 6.92 Å². The molecule has 5 nitrogen and oxygen atoms in total. The summed E-state index contributed by atoms with van der Waals surface area (Å²) in [6.07, 6.45) is 1.54. The first-order valence-corrected chi connectivity index (χ1v) is 8.56. The van der Waals surface area contributed by atoms with Gasteiger partial charge in [-0.25, -0.2) is 4.39 Å². The van der Waals surface area contributed by atoms with Gasteiger partial charge in [-0.05, 0) is 35.6 Å². The van der Waals surface area contributed by atoms with Crippen LogP contribution in [0.25, 0.3) is 21.9 Å². The van der Waals surface area contributed by atoms with Crippen LogP contribution in [0.5, 0.6) is 0 Å². The fraction of sp³-hybridized carbons (Fsp3) is 0.190. The first kappa shape index (κ1) is 18.5. The summed E-state index contributed by atoms with van der Waals surface area (Å²) >= 11 is 0. The number of halogens is 1. The summed E-state index contributed by atoms with van der Waals surface area (Å²) in [5.41, 5.74) is 1.60. The van der Waals surface area contributed by atoms with Crippen molar-refractivity contribution in [2.75, 3.05) is 6.67 Å². The molecule has 0 fully saturated rings. The van der Waals surface area contributed by atoms with Gasteiger partial charge in [-0.2, -0.15) is 0 Å². The number of benzene rings is 2. The molecule has 27 heavy (non-hydrogen) atoms. The maximum absolute atomic E-state index is 12.8. The number of ketones is 1. The molecule has 1 unspecified atom stereocenters. The van der Waals surface area contributed by atoms with Gasteiger partial charge in [-0.3, -0.25) is 14.4 Å². The van der Waals surface area contributed by atoms with E-state index in [1.807, 2.05) is 42.5 Å². The van der Waals surface area contributed by atoms with E-state index in [1.165, 1.54) is 17.7 Å². The molecule has 1 N–H and O–H groups in total. The van der Waals surface area contributed by atoms with E-state index in [9.17, 15) is 18.8 Å². The second kappa shape index (κ2) is 7.95. The van der Waals surface area contributed by atoms with Crippen LogP contribution in [-0.4, -0.2) is 29.0 Å². The van der Waals surface area contributed by atoms with E-state index in [4.69, 9.17) is 0 Å². The van der Waals surface area contributed by atoms with Gasteiger partial charge in [0.2, 0.25) is 5.91 Å². The van der Waals surface area contributed by atoms with Gasteiger partial charge in [-0.15, -0.1) is 0 Å². The van der Waals surface area contributed by atoms with E-state index in [-0.39, 0.29) is 12.1 Å². The molecule has 0 spiro atoms. The average molecular weight is 366 g/mol. The minimum atomic E-state index is -1.14. The molecule has 0 aliphatic heterocycles. The van der Waals surface area contributed by atoms with Crippen molar-refractivity contribution in [3.8, 4) is 11.1 Å². The molecule has 1 atom stereocenters. The van der Waals surface area contributed by atoms with Gasteiger partial charge in [0.25, 0.3) is 5.56 Å². The molecule has 2 aromatic carbocycles. The molecule has 0 radical (unpaired) electrons. The molecule has 0 aliphatic rings. The van der Waals surface area contributed by atoms with Crippen molar-refractivity contribution in [2.45, 2.75) is 19.5 Å². The number of pyridine rings is 1. The number of carbonyl (C=O) groups excluding carboxylic acids is 2. The van der Waals surface area contributed by atoms with E-state index in [2.05, 4.69) is 5.32 Å². The van der Waals surface area contributed by atoms with E-state index in [0.29, 0.717) is 5.39 Å². The van der Waals surface area contributed by atoms with Gasteiger partial charge in [0, 0.05) is 11.6 Å². The number of amides is 1. The zero-order chi connectivity index (χ0) is 19.4. The highest BCUT2D eigenvalue weighted by molar-refractivity contribution is 5.90. The Morgan fingerprint density at radius 1 is 1.07 bits per heavy atom. The van der Waals surface area contributed by atoms with Gasteiger partial charge in [0.05, 0.1) is 6.04 Å². The van der Waals surface area contributed by atoms with Crippen LogP contribution in [-0.2, 0) is 16.1 Å². The molecular formula is C21H19FN2O3. The highest BCUT2D eigenvalue weighted by Gasteiger charge is 2.16. The normalized spacial score (nSPS) is 11.9. The number of hydrogen-bond acceptors (Lipinski definition) is 3. The predicted octanol–water partition coefficient (Wildman–Crippen LogP) is 2.71. The van der Waals surface area contributed by atoms with E-state index in [0.717, 1.165) is 16.5 Å². The van der Waals surface area contributed by atoms with Crippen LogP contribution in [0.4, 0.5) is 4.39 Å². The van der Waals surface area contributed by atoms with Crippen molar-refractivity contribution >= 4 is 22.5 Å². The maximum Gasteiger partial charge on any atom is 0.258 e. The fourth-order valence-corrected chi connectivity index (χ4v) is 2.85. The summed E-state index contributed by atoms with van der Waals surface area (Å²) in [5, 5.41) is 3.68. The number of Topliss-reactive ketones (excluding diaryl/α,β-unsaturated/α-hetero) is 1. The number of nitrogens with zero attached hydrogens (tertiary/aromatic N) is 1. The molecule has 0 aliphatic carbocycles. The van der Waals surface area contributed by atoms with Gasteiger partial charge in [-0.1, -0.05) is 42.5 Å². The second-order valence-electron chi connectivity index (χ2n) is 6.31. The summed E-state index contributed by atoms with van der Waals surface area (Å²) in [6, 6.07) is 16.1. The van der Waals surface area contributed by atoms with Crippen LogP contribution in [0.15, 0.2) is 65.6 Å². The van der Waals surface area contributed by atoms with Crippen LogP contribution in [0, 0.1) is 0 Å². The molecule has 0 saturated carbocycles. The number of alkyl halides is 1. The minimum absolute atomic E-state index is 0.242. The zero-order valence-electron chi connectivity index (χ0n) is 14.8. The van der Waals surface area contributed by atoms with Gasteiger partial charge in [0.15, 0.2) is 5.78 Å². The molecule has 0 bridgehead atoms. The third kappa shape index (κ3) is 4.11. The standard InChI is InChI=1S/C21H19FN2O3/c1-14(19(25)12-22)23-20(26)13-24-10-9-16-7-8-17(11-18(16)21(24)27)15-5-3-2-4-6-15/h2-11,14H,12-13H2,1H3,(H,23,26). The maximum atomic E-state index is 12.8. The van der Waals surface area contributed by atoms with Crippen molar-refractivity contribution < 1.29 is 14.0 Å². The number of nitrogens with one attached hydrogen (secondary N) is 1. The molecular weight excluding hydrogens is 347 g/mol. The minimum Gasteiger partial charge on any atom is -0.345 e. The molecule has 1 amide bonds. The molecule has 6 heteroatoms. The number of aromatic nitrogens is 1. The summed E-state index contributed by atoms with van der Waals surface area (Å²) in [4.78, 5) is 36.1. The van der Waals surface area contributed by atoms with E-state index < -0.39 is 24.4 Å². The lowest BCUT2D eigenvalue weighted by atomic mass is 10.0. The second-order valence-corrected chi connectivity index (χ2v) is 6.31. The zero-order valence-corrected chi connectivity index (χ0v) is 14.8. The Kier molecular flexibility index (Phi) is 5.45. The van der Waals surface area contributed by atoms with Crippen LogP contribution in [0.2, 0.25) is 0 Å². The average Bonchev–Trinajstić information content (AvgIpc) is 2.70. The third-order valence-corrected chi connectivity index (χ3v) is 4.39. The molecule has 138 valence electrons. The Labute approximate surface area is 155 Å². The molecule has 0 saturated heterocycles. The van der Waals surface area contributed by atoms with Crippen LogP contribution >= 0.6 is 0 Å². The van der Waals surface area contributed by atoms with Crippen molar-refractivity contribution in [2.24, 2.45) is 0 Å². The lowest BCUT2D eigenvalue weighted by molar-refractivity contribution is -0.128. The lowest BCUT2D eigenvalue weighted by Gasteiger charge is -2.12. The highest BCUT2D eigenvalue weighted by atomic mass is 19.1. The molecule has 3 aromatic rings. The summed E-state index contributed by atoms with van der Waals surface area (Å²) in [7, 11) is 0. The van der Waals surface area contributed by atoms with Crippen molar-refractivity contribution in [3.63, 3.8) is 0 Å². The fourth-order valence-electron chi connectivity index (χ4n) is 2.85. The SMILES string of the molecule is CC(NC(=O)Cn1ccc2ccc(-c3ccccc3)cc2c1=O)C(=O)CF. The predicted molar refractivity (Wildman–Crippen MR) is 102 cm³/mol. The van der Waals surface area contributed by atoms with Crippen molar-refractivity contribution in [1.82, 2.24) is 9.88 Å². The number of rotatable bonds is 6. The lowest BCUT2D eigenvalue weighted by Crippen LogP contribution is -2.42. The Morgan fingerprint density at radius 3 is 2.52 bits per heavy atom. The Morgan fingerprint density at radius 2 is 1.81 bits per heavy atom. The molecule has 1 aromatic heterocycles. The molecule has 1 heterocycles. The first-order chi connectivity index (χ1) is 13.0. The van der Waals surface area contributed by atoms with Crippen LogP contribution < -0.4 is 10.9 Å². The van der Waals surface area contributed by atoms with Gasteiger partial charge < -0.3 is 9.88 Å². The molecule has 3 rings (SSSR count). The monoisotopic (exact) mass is 366 g/mol. The van der Waals surface area contributed by atoms with E-state index >= 15 is 0 Å². The quantitative estimate of drug-likeness (QED) is 0.729. The van der Waals surface area contributed by atoms with E-state index in [1.54, 1.807) is 12.1 Å². The number of hydrogen-bond donors (Lipinski definition) is 1. The Bertz CT molecular complexity index is 1040. The topological polar surface area (TPSA) is 68.2 Å². The smallest absolute Gasteiger partial charge is 0.258 e. The Hall–Kier alpha value is -3.28. The van der Waals surface area contributed by atoms with Gasteiger partial charge in [0.1, 0.15) is 13.2 Å². The summed E-state index contributed by atoms with van der Waals surface area (Å²) < 4.78 is 13.7. The largest absolute Gasteiger partial charge is 0.345 e. The highest BCUT2D eigenvalue weighted by Crippen LogP contribution is 2.22. The van der Waals surface area contributed by atoms with Crippen molar-refractivity contribution in [1.29, 1.82) is 0 Å². The Balaban J connectivity index is 1.89. The summed E-state index contributed by atoms with van der Waals surface area (Å²) in [6.45, 7) is 0.0307. The number of carbonyl (C=O) groups is 2. The van der Waals surface area contributed by atoms with Crippen LogP contribution in [0.3, 0.4) is 0 Å². The third-order valence-electron chi connectivity index (χ3n) is 4.39. The summed E-state index contributed by atoms with van der Waals surface area (Å²) in [5.74, 6) is -1.23.